The summed E-state index contributed by atoms with van der Waals surface area (Å²) in [7, 11) is 0. The van der Waals surface area contributed by atoms with Gasteiger partial charge in [0, 0.05) is 16.6 Å². The second-order valence-electron chi connectivity index (χ2n) is 4.84. The number of nitrogens with zero attached hydrogens (tertiary/aromatic N) is 1. The van der Waals surface area contributed by atoms with E-state index >= 15 is 0 Å². The van der Waals surface area contributed by atoms with Crippen LogP contribution in [-0.2, 0) is 4.79 Å². The topological polar surface area (TPSA) is 42.0 Å². The van der Waals surface area contributed by atoms with Crippen molar-refractivity contribution in [3.05, 3.63) is 34.7 Å². The molecule has 1 fully saturated rings. The van der Waals surface area contributed by atoms with Gasteiger partial charge >= 0.3 is 0 Å². The van der Waals surface area contributed by atoms with E-state index in [2.05, 4.69) is 10.3 Å². The molecule has 1 N–H and O–H groups in total. The number of rotatable bonds is 3. The van der Waals surface area contributed by atoms with E-state index in [9.17, 15) is 4.79 Å². The summed E-state index contributed by atoms with van der Waals surface area (Å²) in [5, 5.41) is 5.86. The molecule has 0 spiro atoms. The highest BCUT2D eigenvalue weighted by Crippen LogP contribution is 2.53. The molecule has 20 heavy (non-hydrogen) atoms. The summed E-state index contributed by atoms with van der Waals surface area (Å²) in [6, 6.07) is 7.60. The number of aromatic nitrogens is 1. The number of hydrogen-bond acceptors (Lipinski definition) is 3. The van der Waals surface area contributed by atoms with Crippen LogP contribution in [0.5, 0.6) is 0 Å². The molecule has 3 rings (SSSR count). The maximum Gasteiger partial charge on any atom is 0.230 e. The predicted octanol–water partition coefficient (Wildman–Crippen LogP) is 4.25. The summed E-state index contributed by atoms with van der Waals surface area (Å²) in [5.74, 6) is -0.461. The summed E-state index contributed by atoms with van der Waals surface area (Å²) in [4.78, 5) is 16.4. The van der Waals surface area contributed by atoms with Crippen molar-refractivity contribution < 1.29 is 4.79 Å². The van der Waals surface area contributed by atoms with E-state index < -0.39 is 4.33 Å². The molecule has 1 atom stereocenters. The van der Waals surface area contributed by atoms with Crippen molar-refractivity contribution in [1.82, 2.24) is 4.98 Å². The first-order chi connectivity index (χ1) is 9.45. The number of anilines is 1. The molecule has 1 saturated carbocycles. The van der Waals surface area contributed by atoms with Gasteiger partial charge in [0.25, 0.3) is 0 Å². The lowest BCUT2D eigenvalue weighted by atomic mass is 10.1. The number of aryl methyl sites for hydroxylation is 1. The van der Waals surface area contributed by atoms with Crippen LogP contribution in [-0.4, -0.2) is 15.2 Å². The summed E-state index contributed by atoms with van der Waals surface area (Å²) < 4.78 is -0.895. The second-order valence-corrected chi connectivity index (χ2v) is 7.44. The Balaban J connectivity index is 1.77. The van der Waals surface area contributed by atoms with Gasteiger partial charge in [0.1, 0.15) is 4.33 Å². The number of carbonyl (C=O) groups excluding carboxylic acids is 1. The van der Waals surface area contributed by atoms with Gasteiger partial charge in [0.15, 0.2) is 0 Å². The molecule has 1 aromatic carbocycles. The highest BCUT2D eigenvalue weighted by Gasteiger charge is 2.56. The highest BCUT2D eigenvalue weighted by molar-refractivity contribution is 7.09. The number of carbonyl (C=O) groups is 1. The Labute approximate surface area is 130 Å². The largest absolute Gasteiger partial charge is 0.326 e. The van der Waals surface area contributed by atoms with Crippen LogP contribution >= 0.6 is 34.5 Å². The normalized spacial score (nSPS) is 19.6. The number of nitrogens with one attached hydrogen (secondary N) is 1. The number of alkyl halides is 2. The molecule has 6 heteroatoms. The van der Waals surface area contributed by atoms with Crippen LogP contribution in [0.15, 0.2) is 29.6 Å². The Morgan fingerprint density at radius 1 is 1.50 bits per heavy atom. The molecule has 0 aliphatic heterocycles. The van der Waals surface area contributed by atoms with Gasteiger partial charge in [0.05, 0.1) is 16.6 Å². The van der Waals surface area contributed by atoms with Crippen molar-refractivity contribution in [2.45, 2.75) is 17.7 Å². The van der Waals surface area contributed by atoms with Crippen LogP contribution in [0, 0.1) is 12.8 Å². The average Bonchev–Trinajstić information content (AvgIpc) is 2.82. The van der Waals surface area contributed by atoms with Gasteiger partial charge in [-0.3, -0.25) is 4.79 Å². The zero-order valence-electron chi connectivity index (χ0n) is 10.7. The third-order valence-corrected chi connectivity index (χ3v) is 4.80. The number of amides is 1. The van der Waals surface area contributed by atoms with Crippen LogP contribution in [0.25, 0.3) is 11.3 Å². The first kappa shape index (κ1) is 13.9. The summed E-state index contributed by atoms with van der Waals surface area (Å²) >= 11 is 13.4. The average molecular weight is 327 g/mol. The van der Waals surface area contributed by atoms with E-state index in [1.54, 1.807) is 11.3 Å². The van der Waals surface area contributed by atoms with Crippen molar-refractivity contribution in [2.24, 2.45) is 5.92 Å². The van der Waals surface area contributed by atoms with Gasteiger partial charge in [-0.2, -0.15) is 0 Å². The van der Waals surface area contributed by atoms with E-state index in [0.717, 1.165) is 22.0 Å². The van der Waals surface area contributed by atoms with Gasteiger partial charge < -0.3 is 5.32 Å². The fourth-order valence-electron chi connectivity index (χ4n) is 1.98. The van der Waals surface area contributed by atoms with Gasteiger partial charge in [0.2, 0.25) is 5.91 Å². The zero-order valence-corrected chi connectivity index (χ0v) is 13.0. The summed E-state index contributed by atoms with van der Waals surface area (Å²) in [6.45, 7) is 1.97. The van der Waals surface area contributed by atoms with Crippen LogP contribution < -0.4 is 5.32 Å². The minimum atomic E-state index is -0.895. The first-order valence-corrected chi connectivity index (χ1v) is 7.80. The van der Waals surface area contributed by atoms with Crippen molar-refractivity contribution in [3.8, 4) is 11.3 Å². The molecule has 1 amide bonds. The highest BCUT2D eigenvalue weighted by atomic mass is 35.5. The third kappa shape index (κ3) is 2.82. The van der Waals surface area contributed by atoms with Crippen LogP contribution in [0.4, 0.5) is 5.69 Å². The van der Waals surface area contributed by atoms with E-state index in [1.807, 2.05) is 36.6 Å². The molecular formula is C14H12Cl2N2OS. The van der Waals surface area contributed by atoms with Gasteiger partial charge in [-0.1, -0.05) is 12.1 Å². The van der Waals surface area contributed by atoms with Crippen LogP contribution in [0.2, 0.25) is 0 Å². The third-order valence-electron chi connectivity index (χ3n) is 3.19. The predicted molar refractivity (Wildman–Crippen MR) is 83.5 cm³/mol. The molecule has 1 aromatic heterocycles. The fourth-order valence-corrected chi connectivity index (χ4v) is 3.11. The molecule has 104 valence electrons. The maximum atomic E-state index is 11.9. The minimum absolute atomic E-state index is 0.137. The lowest BCUT2D eigenvalue weighted by Crippen LogP contribution is -2.16. The number of thiazole rings is 1. The summed E-state index contributed by atoms with van der Waals surface area (Å²) in [5.41, 5.74) is 2.62. The Morgan fingerprint density at radius 3 is 2.85 bits per heavy atom. The molecule has 0 radical (unpaired) electrons. The Kier molecular flexibility index (Phi) is 3.48. The number of benzene rings is 1. The van der Waals surface area contributed by atoms with E-state index in [-0.39, 0.29) is 11.8 Å². The van der Waals surface area contributed by atoms with E-state index in [0.29, 0.717) is 6.42 Å². The van der Waals surface area contributed by atoms with Gasteiger partial charge in [-0.25, -0.2) is 4.98 Å². The SMILES string of the molecule is Cc1nc(-c2cccc(NC(=O)C3CC3(Cl)Cl)c2)cs1. The fraction of sp³-hybridized carbons (Fsp3) is 0.286. The second kappa shape index (κ2) is 5.02. The minimum Gasteiger partial charge on any atom is -0.326 e. The molecule has 1 heterocycles. The lowest BCUT2D eigenvalue weighted by Gasteiger charge is -2.06. The Morgan fingerprint density at radius 2 is 2.25 bits per heavy atom. The molecule has 1 unspecified atom stereocenters. The standard InChI is InChI=1S/C14H12Cl2N2OS/c1-8-17-12(7-20-8)9-3-2-4-10(5-9)18-13(19)11-6-14(11,15)16/h2-5,7,11H,6H2,1H3,(H,18,19). The molecule has 2 aromatic rings. The van der Waals surface area contributed by atoms with Crippen molar-refractivity contribution in [2.75, 3.05) is 5.32 Å². The molecule has 0 bridgehead atoms. The van der Waals surface area contributed by atoms with Gasteiger partial charge in [-0.15, -0.1) is 34.5 Å². The molecule has 0 saturated heterocycles. The molecule has 1 aliphatic rings. The van der Waals surface area contributed by atoms with E-state index in [1.165, 1.54) is 0 Å². The lowest BCUT2D eigenvalue weighted by molar-refractivity contribution is -0.117. The van der Waals surface area contributed by atoms with Gasteiger partial charge in [-0.05, 0) is 25.5 Å². The van der Waals surface area contributed by atoms with Crippen LogP contribution in [0.3, 0.4) is 0 Å². The number of halogens is 2. The zero-order chi connectivity index (χ0) is 14.3. The maximum absolute atomic E-state index is 11.9. The summed E-state index contributed by atoms with van der Waals surface area (Å²) in [6.07, 6.45) is 0.507. The van der Waals surface area contributed by atoms with Crippen molar-refractivity contribution in [3.63, 3.8) is 0 Å². The smallest absolute Gasteiger partial charge is 0.230 e. The first-order valence-electron chi connectivity index (χ1n) is 6.17. The quantitative estimate of drug-likeness (QED) is 0.856. The molecular weight excluding hydrogens is 315 g/mol. The molecule has 3 nitrogen and oxygen atoms in total. The molecule has 1 aliphatic carbocycles. The monoisotopic (exact) mass is 326 g/mol. The Hall–Kier alpha value is -1.10. The Bertz CT molecular complexity index is 669. The van der Waals surface area contributed by atoms with E-state index in [4.69, 9.17) is 23.2 Å². The van der Waals surface area contributed by atoms with Crippen molar-refractivity contribution >= 4 is 46.1 Å². The van der Waals surface area contributed by atoms with Crippen LogP contribution in [0.1, 0.15) is 11.4 Å². The number of hydrogen-bond donors (Lipinski definition) is 1. The van der Waals surface area contributed by atoms with Crippen molar-refractivity contribution in [1.29, 1.82) is 0 Å².